The van der Waals surface area contributed by atoms with Crippen LogP contribution in [-0.2, 0) is 24.4 Å². The highest BCUT2D eigenvalue weighted by Gasteiger charge is 2.22. The number of aromatic nitrogens is 1. The van der Waals surface area contributed by atoms with Crippen LogP contribution in [0.25, 0.3) is 0 Å². The Labute approximate surface area is 131 Å². The first kappa shape index (κ1) is 14.8. The van der Waals surface area contributed by atoms with Crippen LogP contribution in [0.3, 0.4) is 0 Å². The van der Waals surface area contributed by atoms with Crippen molar-refractivity contribution < 1.29 is 4.74 Å². The zero-order chi connectivity index (χ0) is 14.7. The fraction of sp³-hybridized carbons (Fsp3) is 0.529. The van der Waals surface area contributed by atoms with Crippen LogP contribution in [0.4, 0.5) is 0 Å². The quantitative estimate of drug-likeness (QED) is 0.841. The normalized spacial score (nSPS) is 19.4. The van der Waals surface area contributed by atoms with E-state index >= 15 is 0 Å². The van der Waals surface area contributed by atoms with Gasteiger partial charge in [0.05, 0.1) is 0 Å². The first-order chi connectivity index (χ1) is 10.3. The van der Waals surface area contributed by atoms with E-state index in [1.54, 1.807) is 7.11 Å². The Balaban J connectivity index is 1.75. The first-order valence-electron chi connectivity index (χ1n) is 7.64. The third-order valence-corrected chi connectivity index (χ3v) is 5.35. The summed E-state index contributed by atoms with van der Waals surface area (Å²) < 4.78 is 7.71. The van der Waals surface area contributed by atoms with E-state index in [1.807, 2.05) is 11.3 Å². The standard InChI is InChI=1S/C17H24N2OS/c1-14-6-9-21-17(14)13-18-10-15(5-8-20-2)11-19-7-3-4-16(19)12-18/h3-4,6-7,9,15H,5,8,10-13H2,1-2H3. The van der Waals surface area contributed by atoms with E-state index in [-0.39, 0.29) is 0 Å². The van der Waals surface area contributed by atoms with Gasteiger partial charge in [0.1, 0.15) is 0 Å². The summed E-state index contributed by atoms with van der Waals surface area (Å²) in [5, 5.41) is 2.20. The van der Waals surface area contributed by atoms with Crippen molar-refractivity contribution in [1.29, 1.82) is 0 Å². The second-order valence-corrected chi connectivity index (χ2v) is 7.00. The lowest BCUT2D eigenvalue weighted by molar-refractivity contribution is 0.151. The largest absolute Gasteiger partial charge is 0.385 e. The fourth-order valence-electron chi connectivity index (χ4n) is 3.12. The maximum atomic E-state index is 5.29. The van der Waals surface area contributed by atoms with Gasteiger partial charge in [0, 0.05) is 56.7 Å². The maximum absolute atomic E-state index is 5.29. The molecule has 4 heteroatoms. The van der Waals surface area contributed by atoms with E-state index in [0.29, 0.717) is 5.92 Å². The molecule has 1 aliphatic heterocycles. The van der Waals surface area contributed by atoms with Crippen molar-refractivity contribution in [3.8, 4) is 0 Å². The molecule has 2 aromatic rings. The lowest BCUT2D eigenvalue weighted by atomic mass is 10.1. The number of hydrogen-bond donors (Lipinski definition) is 0. The van der Waals surface area contributed by atoms with Crippen molar-refractivity contribution in [2.24, 2.45) is 5.92 Å². The van der Waals surface area contributed by atoms with Gasteiger partial charge in [-0.05, 0) is 48.4 Å². The number of rotatable bonds is 5. The zero-order valence-corrected chi connectivity index (χ0v) is 13.7. The summed E-state index contributed by atoms with van der Waals surface area (Å²) in [6.45, 7) is 7.46. The molecule has 2 aromatic heterocycles. The number of methoxy groups -OCH3 is 1. The molecule has 3 nitrogen and oxygen atoms in total. The molecule has 0 fully saturated rings. The van der Waals surface area contributed by atoms with Gasteiger partial charge in [-0.15, -0.1) is 11.3 Å². The monoisotopic (exact) mass is 304 g/mol. The minimum absolute atomic E-state index is 0.666. The van der Waals surface area contributed by atoms with Crippen molar-refractivity contribution in [2.75, 3.05) is 20.3 Å². The number of nitrogens with zero attached hydrogens (tertiary/aromatic N) is 2. The Morgan fingerprint density at radius 2 is 2.24 bits per heavy atom. The van der Waals surface area contributed by atoms with Crippen molar-refractivity contribution in [2.45, 2.75) is 33.0 Å². The second kappa shape index (κ2) is 6.77. The maximum Gasteiger partial charge on any atom is 0.0466 e. The van der Waals surface area contributed by atoms with Crippen LogP contribution in [0.1, 0.15) is 22.6 Å². The van der Waals surface area contributed by atoms with E-state index < -0.39 is 0 Å². The van der Waals surface area contributed by atoms with Crippen molar-refractivity contribution >= 4 is 11.3 Å². The Hall–Kier alpha value is -1.10. The summed E-state index contributed by atoms with van der Waals surface area (Å²) in [6, 6.07) is 6.65. The molecule has 0 aromatic carbocycles. The van der Waals surface area contributed by atoms with Crippen LogP contribution in [0.5, 0.6) is 0 Å². The van der Waals surface area contributed by atoms with Gasteiger partial charge in [-0.1, -0.05) is 0 Å². The second-order valence-electron chi connectivity index (χ2n) is 6.00. The number of fused-ring (bicyclic) bond motifs is 1. The smallest absolute Gasteiger partial charge is 0.0466 e. The van der Waals surface area contributed by atoms with Gasteiger partial charge < -0.3 is 9.30 Å². The predicted molar refractivity (Wildman–Crippen MR) is 87.6 cm³/mol. The lowest BCUT2D eigenvalue weighted by Gasteiger charge is -2.23. The topological polar surface area (TPSA) is 17.4 Å². The minimum atomic E-state index is 0.666. The number of ether oxygens (including phenoxy) is 1. The van der Waals surface area contributed by atoms with E-state index in [2.05, 4.69) is 46.2 Å². The number of hydrogen-bond acceptors (Lipinski definition) is 3. The van der Waals surface area contributed by atoms with Gasteiger partial charge in [0.2, 0.25) is 0 Å². The average molecular weight is 304 g/mol. The Morgan fingerprint density at radius 1 is 1.33 bits per heavy atom. The molecule has 3 heterocycles. The third-order valence-electron chi connectivity index (χ3n) is 4.35. The average Bonchev–Trinajstić information content (AvgIpc) is 3.03. The molecule has 0 bridgehead atoms. The molecule has 0 amide bonds. The molecule has 114 valence electrons. The molecule has 1 atom stereocenters. The van der Waals surface area contributed by atoms with E-state index in [4.69, 9.17) is 4.74 Å². The van der Waals surface area contributed by atoms with Crippen LogP contribution in [0.2, 0.25) is 0 Å². The van der Waals surface area contributed by atoms with Crippen molar-refractivity contribution in [1.82, 2.24) is 9.47 Å². The molecule has 3 rings (SSSR count). The predicted octanol–water partition coefficient (Wildman–Crippen LogP) is 3.53. The summed E-state index contributed by atoms with van der Waals surface area (Å²) >= 11 is 1.88. The van der Waals surface area contributed by atoms with E-state index in [0.717, 1.165) is 39.2 Å². The lowest BCUT2D eigenvalue weighted by Crippen LogP contribution is -2.28. The van der Waals surface area contributed by atoms with E-state index in [9.17, 15) is 0 Å². The summed E-state index contributed by atoms with van der Waals surface area (Å²) in [5.41, 5.74) is 2.86. The van der Waals surface area contributed by atoms with Crippen LogP contribution in [0, 0.1) is 12.8 Å². The fourth-order valence-corrected chi connectivity index (χ4v) is 4.07. The van der Waals surface area contributed by atoms with Crippen LogP contribution in [-0.4, -0.2) is 29.7 Å². The van der Waals surface area contributed by atoms with Crippen molar-refractivity contribution in [3.05, 3.63) is 45.9 Å². The van der Waals surface area contributed by atoms with Gasteiger partial charge in [-0.2, -0.15) is 0 Å². The molecule has 1 aliphatic rings. The molecular weight excluding hydrogens is 280 g/mol. The molecule has 0 spiro atoms. The van der Waals surface area contributed by atoms with Crippen LogP contribution in [0.15, 0.2) is 29.8 Å². The molecule has 0 aliphatic carbocycles. The third kappa shape index (κ3) is 3.57. The first-order valence-corrected chi connectivity index (χ1v) is 8.52. The van der Waals surface area contributed by atoms with Gasteiger partial charge >= 0.3 is 0 Å². The SMILES string of the molecule is COCCC1CN(Cc2sccc2C)Cc2cccn2C1. The molecule has 1 unspecified atom stereocenters. The molecule has 0 saturated carbocycles. The Kier molecular flexibility index (Phi) is 4.78. The molecular formula is C17H24N2OS. The molecule has 0 radical (unpaired) electrons. The highest BCUT2D eigenvalue weighted by atomic mass is 32.1. The summed E-state index contributed by atoms with van der Waals surface area (Å²) in [4.78, 5) is 4.10. The summed E-state index contributed by atoms with van der Waals surface area (Å²) in [6.07, 6.45) is 3.35. The van der Waals surface area contributed by atoms with E-state index in [1.165, 1.54) is 16.1 Å². The molecule has 21 heavy (non-hydrogen) atoms. The Bertz CT molecular complexity index is 575. The van der Waals surface area contributed by atoms with Gasteiger partial charge in [-0.25, -0.2) is 0 Å². The molecule has 0 saturated heterocycles. The highest BCUT2D eigenvalue weighted by molar-refractivity contribution is 7.10. The number of aryl methyl sites for hydroxylation is 1. The van der Waals surface area contributed by atoms with Gasteiger partial charge in [0.25, 0.3) is 0 Å². The zero-order valence-electron chi connectivity index (χ0n) is 12.9. The minimum Gasteiger partial charge on any atom is -0.385 e. The van der Waals surface area contributed by atoms with Crippen LogP contribution >= 0.6 is 11.3 Å². The van der Waals surface area contributed by atoms with Crippen LogP contribution < -0.4 is 0 Å². The van der Waals surface area contributed by atoms with Gasteiger partial charge in [-0.3, -0.25) is 4.90 Å². The highest BCUT2D eigenvalue weighted by Crippen LogP contribution is 2.24. The summed E-state index contributed by atoms with van der Waals surface area (Å²) in [7, 11) is 1.80. The number of thiophene rings is 1. The van der Waals surface area contributed by atoms with Crippen molar-refractivity contribution in [3.63, 3.8) is 0 Å². The Morgan fingerprint density at radius 3 is 3.00 bits per heavy atom. The summed E-state index contributed by atoms with van der Waals surface area (Å²) in [5.74, 6) is 0.666. The van der Waals surface area contributed by atoms with Gasteiger partial charge in [0.15, 0.2) is 0 Å². The molecule has 0 N–H and O–H groups in total.